The van der Waals surface area contributed by atoms with Crippen molar-refractivity contribution in [3.8, 4) is 6.07 Å². The van der Waals surface area contributed by atoms with Gasteiger partial charge in [0, 0.05) is 13.6 Å². The molecule has 0 fully saturated rings. The molecule has 0 bridgehead atoms. The van der Waals surface area contributed by atoms with Gasteiger partial charge in [0.15, 0.2) is 11.0 Å². The molecule has 0 radical (unpaired) electrons. The molecule has 0 aliphatic carbocycles. The first-order valence-electron chi connectivity index (χ1n) is 3.74. The topological polar surface area (TPSA) is 52.8 Å². The molecule has 0 aromatic carbocycles. The number of nitrogens with zero attached hydrogens (tertiary/aromatic N) is 4. The van der Waals surface area contributed by atoms with Crippen LogP contribution < -0.4 is 4.90 Å². The average molecular weight is 217 g/mol. The zero-order valence-electron chi connectivity index (χ0n) is 7.36. The summed E-state index contributed by atoms with van der Waals surface area (Å²) >= 11 is 6.85. The molecule has 0 N–H and O–H groups in total. The first-order valence-corrected chi connectivity index (χ1v) is 4.84. The number of anilines is 1. The van der Waals surface area contributed by atoms with Crippen molar-refractivity contribution in [2.24, 2.45) is 5.92 Å². The van der Waals surface area contributed by atoms with Crippen LogP contribution in [0.1, 0.15) is 6.92 Å². The third-order valence-electron chi connectivity index (χ3n) is 1.56. The van der Waals surface area contributed by atoms with Crippen molar-refractivity contribution < 1.29 is 0 Å². The van der Waals surface area contributed by atoms with Crippen LogP contribution in [0, 0.1) is 17.2 Å². The van der Waals surface area contributed by atoms with Gasteiger partial charge in [-0.05, 0) is 6.92 Å². The van der Waals surface area contributed by atoms with Gasteiger partial charge in [-0.25, -0.2) is 0 Å². The molecular formula is C7H9ClN4S. The first kappa shape index (κ1) is 10.2. The number of hydrogen-bond acceptors (Lipinski definition) is 5. The molecule has 1 rings (SSSR count). The van der Waals surface area contributed by atoms with Crippen molar-refractivity contribution in [3.05, 3.63) is 5.15 Å². The molecule has 1 unspecified atom stereocenters. The zero-order chi connectivity index (χ0) is 9.84. The van der Waals surface area contributed by atoms with Gasteiger partial charge in [0.25, 0.3) is 0 Å². The van der Waals surface area contributed by atoms with E-state index in [-0.39, 0.29) is 5.92 Å². The van der Waals surface area contributed by atoms with E-state index in [1.54, 1.807) is 0 Å². The van der Waals surface area contributed by atoms with Gasteiger partial charge in [0.05, 0.1) is 23.7 Å². The molecule has 13 heavy (non-hydrogen) atoms. The molecule has 1 aromatic rings. The lowest BCUT2D eigenvalue weighted by Crippen LogP contribution is -2.23. The summed E-state index contributed by atoms with van der Waals surface area (Å²) in [5.74, 6) is 0.608. The van der Waals surface area contributed by atoms with Crippen LogP contribution in [0.2, 0.25) is 5.15 Å². The fraction of sp³-hybridized carbons (Fsp3) is 0.571. The first-order chi connectivity index (χ1) is 6.15. The van der Waals surface area contributed by atoms with Gasteiger partial charge in [-0.15, -0.1) is 0 Å². The molecule has 0 saturated carbocycles. The molecular weight excluding hydrogens is 208 g/mol. The summed E-state index contributed by atoms with van der Waals surface area (Å²) in [4.78, 5) is 1.83. The fourth-order valence-corrected chi connectivity index (χ4v) is 1.77. The Labute approximate surface area is 86.1 Å². The third kappa shape index (κ3) is 2.54. The lowest BCUT2D eigenvalue weighted by molar-refractivity contribution is 0.712. The standard InChI is InChI=1S/C7H9ClN4S/c1-5(3-9)4-12(2)7-6(8)10-13-11-7/h5H,4H2,1-2H3. The minimum Gasteiger partial charge on any atom is -0.355 e. The Morgan fingerprint density at radius 2 is 2.38 bits per heavy atom. The number of halogens is 1. The summed E-state index contributed by atoms with van der Waals surface area (Å²) in [6.07, 6.45) is 0. The highest BCUT2D eigenvalue weighted by Gasteiger charge is 2.12. The van der Waals surface area contributed by atoms with Gasteiger partial charge < -0.3 is 4.90 Å². The predicted molar refractivity (Wildman–Crippen MR) is 53.0 cm³/mol. The van der Waals surface area contributed by atoms with Crippen LogP contribution in [-0.4, -0.2) is 22.3 Å². The van der Waals surface area contributed by atoms with E-state index >= 15 is 0 Å². The Morgan fingerprint density at radius 1 is 1.69 bits per heavy atom. The van der Waals surface area contributed by atoms with E-state index in [1.165, 1.54) is 0 Å². The summed E-state index contributed by atoms with van der Waals surface area (Å²) in [6.45, 7) is 2.46. The van der Waals surface area contributed by atoms with Crippen LogP contribution in [0.3, 0.4) is 0 Å². The van der Waals surface area contributed by atoms with Crippen molar-refractivity contribution >= 4 is 29.1 Å². The van der Waals surface area contributed by atoms with E-state index in [9.17, 15) is 0 Å². The van der Waals surface area contributed by atoms with E-state index in [0.717, 1.165) is 11.7 Å². The normalized spacial score (nSPS) is 12.2. The highest BCUT2D eigenvalue weighted by molar-refractivity contribution is 6.99. The van der Waals surface area contributed by atoms with Gasteiger partial charge in [-0.2, -0.15) is 14.0 Å². The Balaban J connectivity index is 2.65. The molecule has 0 spiro atoms. The molecule has 1 aromatic heterocycles. The molecule has 0 aliphatic rings. The predicted octanol–water partition coefficient (Wildman–Crippen LogP) is 1.79. The second-order valence-corrected chi connectivity index (χ2v) is 3.68. The van der Waals surface area contributed by atoms with Crippen LogP contribution in [-0.2, 0) is 0 Å². The summed E-state index contributed by atoms with van der Waals surface area (Å²) in [7, 11) is 1.84. The highest BCUT2D eigenvalue weighted by Crippen LogP contribution is 2.21. The zero-order valence-corrected chi connectivity index (χ0v) is 8.93. The monoisotopic (exact) mass is 216 g/mol. The highest BCUT2D eigenvalue weighted by atomic mass is 35.5. The van der Waals surface area contributed by atoms with Crippen molar-refractivity contribution in [2.45, 2.75) is 6.92 Å². The van der Waals surface area contributed by atoms with E-state index < -0.39 is 0 Å². The summed E-state index contributed by atoms with van der Waals surface area (Å²) in [5, 5.41) is 9.01. The SMILES string of the molecule is CC(C#N)CN(C)c1nsnc1Cl. The van der Waals surface area contributed by atoms with Crippen LogP contribution in [0.15, 0.2) is 0 Å². The number of hydrogen-bond donors (Lipinski definition) is 0. The van der Waals surface area contributed by atoms with Gasteiger partial charge in [0.2, 0.25) is 0 Å². The molecule has 1 heterocycles. The molecule has 0 amide bonds. The van der Waals surface area contributed by atoms with E-state index in [2.05, 4.69) is 14.8 Å². The largest absolute Gasteiger partial charge is 0.355 e. The second-order valence-electron chi connectivity index (χ2n) is 2.79. The number of aromatic nitrogens is 2. The van der Waals surface area contributed by atoms with Crippen molar-refractivity contribution in [1.82, 2.24) is 8.75 Å². The lowest BCUT2D eigenvalue weighted by Gasteiger charge is -2.16. The van der Waals surface area contributed by atoms with Crippen molar-refractivity contribution in [1.29, 1.82) is 5.26 Å². The fourth-order valence-electron chi connectivity index (χ4n) is 0.939. The molecule has 6 heteroatoms. The minimum absolute atomic E-state index is 0.0391. The molecule has 4 nitrogen and oxygen atoms in total. The molecule has 0 saturated heterocycles. The lowest BCUT2D eigenvalue weighted by atomic mass is 10.2. The number of nitriles is 1. The summed E-state index contributed by atoms with van der Waals surface area (Å²) in [6, 6.07) is 2.15. The van der Waals surface area contributed by atoms with E-state index in [0.29, 0.717) is 17.5 Å². The van der Waals surface area contributed by atoms with E-state index in [4.69, 9.17) is 16.9 Å². The Morgan fingerprint density at radius 3 is 2.85 bits per heavy atom. The van der Waals surface area contributed by atoms with Gasteiger partial charge >= 0.3 is 0 Å². The van der Waals surface area contributed by atoms with Crippen LogP contribution >= 0.6 is 23.3 Å². The summed E-state index contributed by atoms with van der Waals surface area (Å²) in [5.41, 5.74) is 0. The van der Waals surface area contributed by atoms with Crippen LogP contribution in [0.4, 0.5) is 5.82 Å². The van der Waals surface area contributed by atoms with E-state index in [1.807, 2.05) is 18.9 Å². The third-order valence-corrected chi connectivity index (χ3v) is 2.44. The second kappa shape index (κ2) is 4.40. The molecule has 70 valence electrons. The Kier molecular flexibility index (Phi) is 3.46. The quantitative estimate of drug-likeness (QED) is 0.773. The molecule has 1 atom stereocenters. The maximum atomic E-state index is 8.61. The number of rotatable bonds is 3. The van der Waals surface area contributed by atoms with Gasteiger partial charge in [-0.1, -0.05) is 11.6 Å². The van der Waals surface area contributed by atoms with Gasteiger partial charge in [0.1, 0.15) is 0 Å². The smallest absolute Gasteiger partial charge is 0.187 e. The maximum absolute atomic E-state index is 8.61. The van der Waals surface area contributed by atoms with Crippen LogP contribution in [0.25, 0.3) is 0 Å². The maximum Gasteiger partial charge on any atom is 0.187 e. The van der Waals surface area contributed by atoms with Crippen molar-refractivity contribution in [2.75, 3.05) is 18.5 Å². The average Bonchev–Trinajstić information content (AvgIpc) is 2.51. The van der Waals surface area contributed by atoms with Crippen LogP contribution in [0.5, 0.6) is 0 Å². The summed E-state index contributed by atoms with van der Waals surface area (Å²) < 4.78 is 7.86. The van der Waals surface area contributed by atoms with Gasteiger partial charge in [-0.3, -0.25) is 0 Å². The minimum atomic E-state index is -0.0391. The van der Waals surface area contributed by atoms with Crippen molar-refractivity contribution in [3.63, 3.8) is 0 Å². The molecule has 0 aliphatic heterocycles. The Hall–Kier alpha value is -0.860. The Bertz CT molecular complexity index is 319.